The van der Waals surface area contributed by atoms with Crippen molar-refractivity contribution in [1.29, 1.82) is 5.41 Å². The molecule has 0 spiro atoms. The Kier molecular flexibility index (Phi) is 9.13. The van der Waals surface area contributed by atoms with Crippen molar-refractivity contribution in [2.24, 2.45) is 10.7 Å². The number of ether oxygens (including phenoxy) is 1. The second kappa shape index (κ2) is 12.5. The van der Waals surface area contributed by atoms with Gasteiger partial charge in [0, 0.05) is 51.4 Å². The van der Waals surface area contributed by atoms with Gasteiger partial charge < -0.3 is 19.6 Å². The maximum atomic E-state index is 12.9. The molecule has 0 aliphatic carbocycles. The summed E-state index contributed by atoms with van der Waals surface area (Å²) < 4.78 is 37.5. The molecule has 2 aliphatic rings. The molecule has 208 valence electrons. The third kappa shape index (κ3) is 7.51. The molecule has 3 N–H and O–H groups in total. The lowest BCUT2D eigenvalue weighted by atomic mass is 10.1. The zero-order valence-electron chi connectivity index (χ0n) is 21.7. The second-order valence-corrected chi connectivity index (χ2v) is 11.2. The number of aliphatic imine (C=N–C) groups is 1. The molecule has 12 heteroatoms. The van der Waals surface area contributed by atoms with Crippen LogP contribution >= 0.6 is 11.6 Å². The van der Waals surface area contributed by atoms with Crippen LogP contribution in [0.4, 0.5) is 5.69 Å². The van der Waals surface area contributed by atoms with Crippen LogP contribution in [0.15, 0.2) is 53.5 Å². The van der Waals surface area contributed by atoms with Gasteiger partial charge in [-0.2, -0.15) is 8.42 Å². The lowest BCUT2D eigenvalue weighted by molar-refractivity contribution is -0.131. The number of nitrogens with two attached hydrogens (primary N) is 1. The summed E-state index contributed by atoms with van der Waals surface area (Å²) in [6, 6.07) is 11.6. The van der Waals surface area contributed by atoms with Crippen LogP contribution in [0.1, 0.15) is 43.7 Å². The quantitative estimate of drug-likeness (QED) is 0.341. The van der Waals surface area contributed by atoms with Gasteiger partial charge in [-0.05, 0) is 36.2 Å². The molecule has 0 aromatic heterocycles. The second-order valence-electron chi connectivity index (χ2n) is 9.33. The predicted octanol–water partition coefficient (Wildman–Crippen LogP) is 3.99. The lowest BCUT2D eigenvalue weighted by Gasteiger charge is -2.33. The first-order chi connectivity index (χ1) is 18.6. The number of hydrogen-bond acceptors (Lipinski definition) is 8. The van der Waals surface area contributed by atoms with Gasteiger partial charge in [0.2, 0.25) is 0 Å². The highest BCUT2D eigenvalue weighted by molar-refractivity contribution is 7.88. The number of nitrogen functional groups attached to an aromatic ring is 1. The van der Waals surface area contributed by atoms with E-state index < -0.39 is 16.3 Å². The van der Waals surface area contributed by atoms with Gasteiger partial charge in [-0.3, -0.25) is 15.2 Å². The Labute approximate surface area is 233 Å². The highest BCUT2D eigenvalue weighted by Gasteiger charge is 2.27. The number of hydrogen-bond donors (Lipinski definition) is 2. The number of nitrogens with one attached hydrogen (secondary N) is 1. The van der Waals surface area contributed by atoms with Crippen molar-refractivity contribution in [1.82, 2.24) is 4.90 Å². The van der Waals surface area contributed by atoms with Crippen molar-refractivity contribution in [2.75, 3.05) is 30.5 Å². The fourth-order valence-corrected chi connectivity index (χ4v) is 5.79. The van der Waals surface area contributed by atoms with Crippen molar-refractivity contribution in [2.45, 2.75) is 38.7 Å². The van der Waals surface area contributed by atoms with E-state index in [1.54, 1.807) is 48.6 Å². The maximum Gasteiger partial charge on any atom is 0.412 e. The number of benzene rings is 2. The largest absolute Gasteiger partial charge is 0.489 e. The molecule has 2 heterocycles. The fraction of sp³-hybridized carbons (Fsp3) is 0.370. The van der Waals surface area contributed by atoms with Gasteiger partial charge >= 0.3 is 16.3 Å². The number of rotatable bonds is 9. The number of halogens is 1. The molecule has 0 atom stereocenters. The summed E-state index contributed by atoms with van der Waals surface area (Å²) in [4.78, 5) is 18.4. The zero-order valence-corrected chi connectivity index (χ0v) is 23.2. The maximum absolute atomic E-state index is 12.9. The highest BCUT2D eigenvalue weighted by Crippen LogP contribution is 2.33. The first-order valence-corrected chi connectivity index (χ1v) is 14.4. The smallest absolute Gasteiger partial charge is 0.412 e. The van der Waals surface area contributed by atoms with Crippen molar-refractivity contribution in [3.05, 3.63) is 64.7 Å². The average Bonchev–Trinajstić information content (AvgIpc) is 3.43. The molecule has 1 fully saturated rings. The zero-order chi connectivity index (χ0) is 28.0. The van der Waals surface area contributed by atoms with E-state index in [0.29, 0.717) is 11.3 Å². The third-order valence-electron chi connectivity index (χ3n) is 6.43. The highest BCUT2D eigenvalue weighted by atomic mass is 35.5. The van der Waals surface area contributed by atoms with Gasteiger partial charge in [-0.25, -0.2) is 4.31 Å². The molecule has 4 rings (SSSR count). The van der Waals surface area contributed by atoms with Crippen LogP contribution in [0.25, 0.3) is 6.08 Å². The summed E-state index contributed by atoms with van der Waals surface area (Å²) in [7, 11) is -4.46. The molecule has 2 aromatic rings. The van der Waals surface area contributed by atoms with E-state index >= 15 is 0 Å². The molecular weight excluding hydrogens is 542 g/mol. The Bertz CT molecular complexity index is 1390. The minimum absolute atomic E-state index is 0.0128. The molecule has 2 aromatic carbocycles. The molecule has 0 unspecified atom stereocenters. The number of nitrogens with zero attached hydrogens (tertiary/aromatic N) is 3. The Morgan fingerprint density at radius 2 is 2.03 bits per heavy atom. The minimum atomic E-state index is -4.46. The summed E-state index contributed by atoms with van der Waals surface area (Å²) in [6.45, 7) is 3.53. The molecule has 2 aliphatic heterocycles. The number of amidine groups is 2. The van der Waals surface area contributed by atoms with Crippen molar-refractivity contribution in [3.8, 4) is 5.75 Å². The molecule has 0 radical (unpaired) electrons. The van der Waals surface area contributed by atoms with E-state index in [1.165, 1.54) is 11.9 Å². The van der Waals surface area contributed by atoms with Gasteiger partial charge in [0.1, 0.15) is 17.7 Å². The molecule has 39 heavy (non-hydrogen) atoms. The normalized spacial score (nSPS) is 16.3. The number of likely N-dealkylation sites (tertiary alicyclic amines) is 1. The standard InChI is InChI=1S/C27H32ClN5O5S/c1-19(34)38-39(35,36)33(14-4-6-20-5-2-7-21(17-20)27(29)30)22-9-10-25(24(28)18-22)37-23-11-15-32(16-12-23)26-8-3-13-31-26/h2,4-7,9-10,17-18,23H,3,8,11-16H2,1H3,(H3,29,30)/b6-4+. The van der Waals surface area contributed by atoms with Crippen LogP contribution < -0.4 is 14.8 Å². The predicted molar refractivity (Wildman–Crippen MR) is 153 cm³/mol. The van der Waals surface area contributed by atoms with E-state index in [0.717, 1.165) is 62.1 Å². The van der Waals surface area contributed by atoms with Gasteiger partial charge in [-0.1, -0.05) is 42.0 Å². The Balaban J connectivity index is 1.47. The molecule has 0 amide bonds. The summed E-state index contributed by atoms with van der Waals surface area (Å²) in [6.07, 6.45) is 7.08. The van der Waals surface area contributed by atoms with Crippen LogP contribution in [0.2, 0.25) is 5.02 Å². The topological polar surface area (TPSA) is 138 Å². The average molecular weight is 574 g/mol. The summed E-state index contributed by atoms with van der Waals surface area (Å²) in [5.74, 6) is 0.609. The molecule has 1 saturated heterocycles. The number of carbonyl (C=O) groups excluding carboxylic acids is 1. The fourth-order valence-electron chi connectivity index (χ4n) is 4.55. The SMILES string of the molecule is CC(=O)OS(=O)(=O)N(C/C=C/c1cccc(C(=N)N)c1)c1ccc(OC2CCN(C3=NCCC3)CC2)c(Cl)c1. The number of anilines is 1. The Morgan fingerprint density at radius 1 is 1.26 bits per heavy atom. The van der Waals surface area contributed by atoms with Crippen molar-refractivity contribution < 1.29 is 22.1 Å². The minimum Gasteiger partial charge on any atom is -0.489 e. The van der Waals surface area contributed by atoms with E-state index in [9.17, 15) is 13.2 Å². The Morgan fingerprint density at radius 3 is 2.67 bits per heavy atom. The van der Waals surface area contributed by atoms with Crippen LogP contribution in [0.5, 0.6) is 5.75 Å². The Hall–Kier alpha value is -3.57. The van der Waals surface area contributed by atoms with Crippen LogP contribution in [0, 0.1) is 5.41 Å². The van der Waals surface area contributed by atoms with Crippen LogP contribution in [-0.4, -0.2) is 63.2 Å². The van der Waals surface area contributed by atoms with Crippen LogP contribution in [-0.2, 0) is 19.3 Å². The molecule has 0 bridgehead atoms. The number of carbonyl (C=O) groups is 1. The summed E-state index contributed by atoms with van der Waals surface area (Å²) in [5.41, 5.74) is 7.03. The monoisotopic (exact) mass is 573 g/mol. The van der Waals surface area contributed by atoms with Gasteiger partial charge in [-0.15, -0.1) is 0 Å². The van der Waals surface area contributed by atoms with E-state index in [4.69, 9.17) is 27.5 Å². The molecule has 0 saturated carbocycles. The summed E-state index contributed by atoms with van der Waals surface area (Å²) >= 11 is 6.52. The van der Waals surface area contributed by atoms with E-state index in [1.807, 2.05) is 0 Å². The first kappa shape index (κ1) is 28.4. The van der Waals surface area contributed by atoms with Gasteiger partial charge in [0.15, 0.2) is 0 Å². The van der Waals surface area contributed by atoms with Crippen molar-refractivity contribution in [3.63, 3.8) is 0 Å². The van der Waals surface area contributed by atoms with Gasteiger partial charge in [0.25, 0.3) is 0 Å². The lowest BCUT2D eigenvalue weighted by Crippen LogP contribution is -2.41. The molecule has 10 nitrogen and oxygen atoms in total. The third-order valence-corrected chi connectivity index (χ3v) is 8.07. The van der Waals surface area contributed by atoms with Crippen LogP contribution in [0.3, 0.4) is 0 Å². The summed E-state index contributed by atoms with van der Waals surface area (Å²) in [5, 5.41) is 7.83. The van der Waals surface area contributed by atoms with Gasteiger partial charge in [0.05, 0.1) is 23.1 Å². The number of piperidine rings is 1. The van der Waals surface area contributed by atoms with Crippen molar-refractivity contribution >= 4 is 51.3 Å². The van der Waals surface area contributed by atoms with E-state index in [2.05, 4.69) is 14.1 Å². The van der Waals surface area contributed by atoms with E-state index in [-0.39, 0.29) is 29.2 Å². The first-order valence-electron chi connectivity index (χ1n) is 12.7. The molecular formula is C27H32ClN5O5S.